The van der Waals surface area contributed by atoms with Crippen LogP contribution in [0.25, 0.3) is 5.65 Å². The van der Waals surface area contributed by atoms with Crippen LogP contribution in [0.3, 0.4) is 0 Å². The molecule has 4 N–H and O–H groups in total. The summed E-state index contributed by atoms with van der Waals surface area (Å²) < 4.78 is 41.8. The third kappa shape index (κ3) is 7.63. The number of thioether (sulfide) groups is 1. The second kappa shape index (κ2) is 12.7. The van der Waals surface area contributed by atoms with Gasteiger partial charge >= 0.3 is 24.1 Å². The lowest BCUT2D eigenvalue weighted by atomic mass is 9.96. The van der Waals surface area contributed by atoms with E-state index in [1.807, 2.05) is 25.6 Å². The molecule has 0 radical (unpaired) electrons. The summed E-state index contributed by atoms with van der Waals surface area (Å²) in [6.07, 6.45) is -2.42. The summed E-state index contributed by atoms with van der Waals surface area (Å²) in [6.45, 7) is 4.72. The number of carboxylic acids is 3. The van der Waals surface area contributed by atoms with Gasteiger partial charge in [-0.3, -0.25) is 14.5 Å². The Morgan fingerprint density at radius 3 is 2.15 bits per heavy atom. The van der Waals surface area contributed by atoms with Crippen LogP contribution in [0, 0.1) is 0 Å². The van der Waals surface area contributed by atoms with Gasteiger partial charge in [0.15, 0.2) is 11.2 Å². The minimum Gasteiger partial charge on any atom is -0.481 e. The molecule has 0 bridgehead atoms. The summed E-state index contributed by atoms with van der Waals surface area (Å²) in [4.78, 5) is 37.4. The fourth-order valence-corrected chi connectivity index (χ4v) is 6.03. The molecule has 0 aliphatic carbocycles. The van der Waals surface area contributed by atoms with Crippen molar-refractivity contribution in [1.82, 2.24) is 19.5 Å². The molecule has 0 saturated carbocycles. The number of carbonyl (C=O) groups is 3. The molecule has 4 heterocycles. The number of carboxylic acid groups (broad SMARTS) is 3. The highest BCUT2D eigenvalue weighted by Gasteiger charge is 2.41. The maximum Gasteiger partial charge on any atom is 0.433 e. The predicted octanol–water partition coefficient (Wildman–Crippen LogP) is 3.66. The largest absolute Gasteiger partial charge is 0.481 e. The van der Waals surface area contributed by atoms with E-state index in [9.17, 15) is 27.6 Å². The summed E-state index contributed by atoms with van der Waals surface area (Å²) in [5.74, 6) is -2.76. The number of nitrogens with zero attached hydrogens (tertiary/aromatic N) is 4. The van der Waals surface area contributed by atoms with Crippen LogP contribution >= 0.6 is 11.8 Å². The van der Waals surface area contributed by atoms with Gasteiger partial charge < -0.3 is 20.4 Å². The second-order valence-corrected chi connectivity index (χ2v) is 11.5. The van der Waals surface area contributed by atoms with E-state index in [1.165, 1.54) is 0 Å². The number of hydrogen-bond acceptors (Lipinski definition) is 8. The third-order valence-electron chi connectivity index (χ3n) is 6.93. The van der Waals surface area contributed by atoms with Crippen molar-refractivity contribution < 1.29 is 48.0 Å². The molecule has 2 saturated heterocycles. The topological polar surface area (TPSA) is 166 Å². The van der Waals surface area contributed by atoms with Crippen molar-refractivity contribution in [2.45, 2.75) is 82.2 Å². The average Bonchev–Trinajstić information content (AvgIpc) is 3.49. The average molecular weight is 591 g/mol. The van der Waals surface area contributed by atoms with Crippen molar-refractivity contribution in [3.8, 4) is 0 Å². The molecule has 1 unspecified atom stereocenters. The minimum atomic E-state index is -4.45. The molecule has 0 spiro atoms. The van der Waals surface area contributed by atoms with Crippen molar-refractivity contribution in [2.75, 3.05) is 18.1 Å². The van der Waals surface area contributed by atoms with Crippen LogP contribution in [0.2, 0.25) is 0 Å². The zero-order chi connectivity index (χ0) is 29.8. The Morgan fingerprint density at radius 2 is 1.65 bits per heavy atom. The normalized spacial score (nSPS) is 19.0. The molecule has 2 aliphatic rings. The van der Waals surface area contributed by atoms with Crippen LogP contribution in [0.15, 0.2) is 12.1 Å². The third-order valence-corrected chi connectivity index (χ3v) is 7.98. The van der Waals surface area contributed by atoms with Gasteiger partial charge in [0, 0.05) is 17.8 Å². The summed E-state index contributed by atoms with van der Waals surface area (Å²) >= 11 is 1.99. The standard InChI is InChI=1S/C19H25F3N4S.C6H8O7/c1-12(2)14-10-17(19(20,21)22)26-18(23-14)11-15(24-26)16-4-3-7-25(16)13-5-8-27-9-6-13;7-3(8)1-6(13,5(11)12)2-4(9)10/h10-13,16H,3-9H2,1-2H3;13H,1-2H2,(H,7,8)(H,9,10)(H,11,12). The summed E-state index contributed by atoms with van der Waals surface area (Å²) in [6, 6.07) is 3.52. The first-order valence-electron chi connectivity index (χ1n) is 12.8. The van der Waals surface area contributed by atoms with Gasteiger partial charge in [-0.1, -0.05) is 13.8 Å². The molecule has 2 aromatic heterocycles. The van der Waals surface area contributed by atoms with Crippen LogP contribution in [0.5, 0.6) is 0 Å². The zero-order valence-electron chi connectivity index (χ0n) is 22.1. The van der Waals surface area contributed by atoms with E-state index < -0.39 is 48.2 Å². The highest BCUT2D eigenvalue weighted by molar-refractivity contribution is 7.99. The Kier molecular flexibility index (Phi) is 10.1. The lowest BCUT2D eigenvalue weighted by Gasteiger charge is -2.34. The lowest BCUT2D eigenvalue weighted by molar-refractivity contribution is -0.170. The fraction of sp³-hybridized carbons (Fsp3) is 0.640. The molecule has 2 aromatic rings. The number of aromatic nitrogens is 3. The smallest absolute Gasteiger partial charge is 0.433 e. The van der Waals surface area contributed by atoms with Gasteiger partial charge in [0.05, 0.1) is 24.6 Å². The van der Waals surface area contributed by atoms with Gasteiger partial charge in [-0.25, -0.2) is 14.3 Å². The Morgan fingerprint density at radius 1 is 1.05 bits per heavy atom. The first kappa shape index (κ1) is 31.6. The summed E-state index contributed by atoms with van der Waals surface area (Å²) in [5.41, 5.74) is -1.99. The van der Waals surface area contributed by atoms with Gasteiger partial charge in [0.1, 0.15) is 5.69 Å². The quantitative estimate of drug-likeness (QED) is 0.354. The van der Waals surface area contributed by atoms with Crippen molar-refractivity contribution >= 4 is 35.3 Å². The fourth-order valence-electron chi connectivity index (χ4n) is 4.95. The number of alkyl halides is 3. The number of fused-ring (bicyclic) bond motifs is 1. The van der Waals surface area contributed by atoms with Gasteiger partial charge in [0.2, 0.25) is 0 Å². The lowest BCUT2D eigenvalue weighted by Crippen LogP contribution is -2.42. The molecule has 0 amide bonds. The Balaban J connectivity index is 0.000000289. The first-order valence-corrected chi connectivity index (χ1v) is 14.0. The molecule has 0 aromatic carbocycles. The second-order valence-electron chi connectivity index (χ2n) is 10.3. The van der Waals surface area contributed by atoms with Gasteiger partial charge in [-0.15, -0.1) is 0 Å². The Hall–Kier alpha value is -2.91. The van der Waals surface area contributed by atoms with E-state index in [-0.39, 0.29) is 12.0 Å². The highest BCUT2D eigenvalue weighted by atomic mass is 32.2. The molecular weight excluding hydrogens is 557 g/mol. The van der Waals surface area contributed by atoms with Crippen molar-refractivity contribution in [1.29, 1.82) is 0 Å². The van der Waals surface area contributed by atoms with Crippen LogP contribution in [0.4, 0.5) is 13.2 Å². The van der Waals surface area contributed by atoms with E-state index in [4.69, 9.17) is 20.4 Å². The van der Waals surface area contributed by atoms with Crippen LogP contribution < -0.4 is 0 Å². The number of rotatable bonds is 8. The van der Waals surface area contributed by atoms with Crippen molar-refractivity contribution in [2.24, 2.45) is 0 Å². The number of hydrogen-bond donors (Lipinski definition) is 4. The molecule has 4 rings (SSSR count). The van der Waals surface area contributed by atoms with Crippen LogP contribution in [-0.2, 0) is 20.6 Å². The van der Waals surface area contributed by atoms with Crippen molar-refractivity contribution in [3.63, 3.8) is 0 Å². The maximum atomic E-state index is 13.6. The van der Waals surface area contributed by atoms with Crippen LogP contribution in [-0.4, -0.2) is 87.5 Å². The first-order chi connectivity index (χ1) is 18.6. The van der Waals surface area contributed by atoms with Gasteiger partial charge in [-0.2, -0.15) is 30.0 Å². The number of aliphatic carboxylic acids is 3. The predicted molar refractivity (Wildman–Crippen MR) is 138 cm³/mol. The monoisotopic (exact) mass is 590 g/mol. The summed E-state index contributed by atoms with van der Waals surface area (Å²) in [7, 11) is 0. The molecule has 1 atom stereocenters. The maximum absolute atomic E-state index is 13.6. The molecule has 40 heavy (non-hydrogen) atoms. The highest BCUT2D eigenvalue weighted by Crippen LogP contribution is 2.38. The minimum absolute atomic E-state index is 0.0721. The number of likely N-dealkylation sites (tertiary alicyclic amines) is 1. The van der Waals surface area contributed by atoms with Crippen LogP contribution in [0.1, 0.15) is 81.4 Å². The number of aliphatic hydroxyl groups is 1. The Bertz CT molecular complexity index is 1210. The Labute approximate surface area is 232 Å². The number of halogens is 3. The van der Waals surface area contributed by atoms with E-state index in [2.05, 4.69) is 15.0 Å². The molecule has 2 aliphatic heterocycles. The molecule has 11 nitrogen and oxygen atoms in total. The van der Waals surface area contributed by atoms with E-state index in [1.54, 1.807) is 6.07 Å². The summed E-state index contributed by atoms with van der Waals surface area (Å²) in [5, 5.41) is 38.2. The van der Waals surface area contributed by atoms with E-state index in [0.717, 1.165) is 60.0 Å². The SMILES string of the molecule is CC(C)c1cc(C(F)(F)F)n2nc(C3CCCN3C3CCSCC3)cc2n1.O=C(O)CC(O)(CC(=O)O)C(=O)O. The van der Waals surface area contributed by atoms with Gasteiger partial charge in [-0.05, 0) is 55.7 Å². The van der Waals surface area contributed by atoms with E-state index in [0.29, 0.717) is 17.4 Å². The molecule has 15 heteroatoms. The zero-order valence-corrected chi connectivity index (χ0v) is 22.9. The molecule has 2 fully saturated rings. The van der Waals surface area contributed by atoms with Gasteiger partial charge in [0.25, 0.3) is 0 Å². The van der Waals surface area contributed by atoms with Crippen molar-refractivity contribution in [3.05, 3.63) is 29.2 Å². The van der Waals surface area contributed by atoms with E-state index >= 15 is 0 Å². The molecule has 222 valence electrons. The molecular formula is C25H33F3N4O7S.